The number of halogens is 1. The maximum absolute atomic E-state index is 13.7. The van der Waals surface area contributed by atoms with Crippen molar-refractivity contribution in [2.45, 2.75) is 13.5 Å². The number of benzene rings is 1. The number of carbonyl (C=O) groups excluding carboxylic acids is 1. The Morgan fingerprint density at radius 1 is 1.18 bits per heavy atom. The standard InChI is InChI=1S/C24H24FN7O/c1-16-10-29(11-18-12-30-8-3-2-7-21(30)26-18)13-20(16)23-27-22-14-31(15-32(22)24(33)28-23)19-6-4-5-17(25)9-19/h2-9,12,14,16,20H,10-11,13,15H2,1H3,(H,27,28,33). The van der Waals surface area contributed by atoms with Gasteiger partial charge in [0.2, 0.25) is 0 Å². The fourth-order valence-corrected chi connectivity index (χ4v) is 4.89. The van der Waals surface area contributed by atoms with E-state index < -0.39 is 0 Å². The normalized spacial score (nSPS) is 23.0. The van der Waals surface area contributed by atoms with Crippen LogP contribution in [0.15, 0.2) is 71.9 Å². The highest BCUT2D eigenvalue weighted by molar-refractivity contribution is 6.02. The minimum Gasteiger partial charge on any atom is -0.325 e. The molecule has 3 aliphatic heterocycles. The highest BCUT2D eigenvalue weighted by atomic mass is 19.1. The number of nitrogens with zero attached hydrogens (tertiary/aromatic N) is 6. The maximum Gasteiger partial charge on any atom is 0.329 e. The van der Waals surface area contributed by atoms with Crippen molar-refractivity contribution in [3.63, 3.8) is 0 Å². The Morgan fingerprint density at radius 3 is 2.94 bits per heavy atom. The molecule has 0 radical (unpaired) electrons. The monoisotopic (exact) mass is 445 g/mol. The average Bonchev–Trinajstić information content (AvgIpc) is 3.50. The van der Waals surface area contributed by atoms with Crippen LogP contribution in [0.5, 0.6) is 0 Å². The van der Waals surface area contributed by atoms with Crippen LogP contribution in [0.25, 0.3) is 5.65 Å². The van der Waals surface area contributed by atoms with E-state index in [1.807, 2.05) is 46.0 Å². The third-order valence-electron chi connectivity index (χ3n) is 6.54. The number of amides is 2. The molecule has 1 aromatic carbocycles. The number of likely N-dealkylation sites (tertiary alicyclic amines) is 1. The molecule has 0 saturated carbocycles. The maximum atomic E-state index is 13.7. The minimum absolute atomic E-state index is 0.122. The summed E-state index contributed by atoms with van der Waals surface area (Å²) < 4.78 is 15.7. The predicted octanol–water partition coefficient (Wildman–Crippen LogP) is 3.24. The Bertz CT molecular complexity index is 1270. The van der Waals surface area contributed by atoms with Gasteiger partial charge in [0.25, 0.3) is 0 Å². The van der Waals surface area contributed by atoms with E-state index in [0.717, 1.165) is 31.0 Å². The van der Waals surface area contributed by atoms with Crippen LogP contribution in [0.1, 0.15) is 12.6 Å². The number of rotatable bonds is 4. The molecule has 5 heterocycles. The van der Waals surface area contributed by atoms with Gasteiger partial charge in [-0.25, -0.2) is 19.2 Å². The van der Waals surface area contributed by atoms with E-state index in [4.69, 9.17) is 9.98 Å². The lowest BCUT2D eigenvalue weighted by Crippen LogP contribution is -2.49. The molecule has 1 N–H and O–H groups in total. The number of fused-ring (bicyclic) bond motifs is 2. The summed E-state index contributed by atoms with van der Waals surface area (Å²) in [5, 5.41) is 3.00. The van der Waals surface area contributed by atoms with Gasteiger partial charge < -0.3 is 9.30 Å². The number of hydrogen-bond acceptors (Lipinski definition) is 5. The van der Waals surface area contributed by atoms with Crippen molar-refractivity contribution in [2.24, 2.45) is 16.8 Å². The van der Waals surface area contributed by atoms with Gasteiger partial charge in [-0.2, -0.15) is 0 Å². The molecule has 0 bridgehead atoms. The quantitative estimate of drug-likeness (QED) is 0.670. The number of pyridine rings is 1. The Labute approximate surface area is 190 Å². The fraction of sp³-hybridized carbons (Fsp3) is 0.292. The molecule has 9 heteroatoms. The number of aliphatic imine (C=N–C) groups is 1. The molecule has 2 atom stereocenters. The Kier molecular flexibility index (Phi) is 4.65. The number of hydrogen-bond donors (Lipinski definition) is 1. The molecule has 3 aromatic rings. The summed E-state index contributed by atoms with van der Waals surface area (Å²) in [6.45, 7) is 4.96. The van der Waals surface area contributed by atoms with Gasteiger partial charge in [-0.15, -0.1) is 0 Å². The van der Waals surface area contributed by atoms with E-state index >= 15 is 0 Å². The molecule has 168 valence electrons. The average molecular weight is 446 g/mol. The highest BCUT2D eigenvalue weighted by Crippen LogP contribution is 2.30. The van der Waals surface area contributed by atoms with Gasteiger partial charge >= 0.3 is 6.03 Å². The number of nitrogens with one attached hydrogen (secondary N) is 1. The molecular formula is C24H24FN7O. The second kappa shape index (κ2) is 7.70. The Hall–Kier alpha value is -3.72. The van der Waals surface area contributed by atoms with Crippen LogP contribution in [0, 0.1) is 17.7 Å². The van der Waals surface area contributed by atoms with Crippen LogP contribution in [-0.4, -0.2) is 50.8 Å². The zero-order valence-electron chi connectivity index (χ0n) is 18.2. The van der Waals surface area contributed by atoms with E-state index in [1.54, 1.807) is 11.0 Å². The Balaban J connectivity index is 1.20. The van der Waals surface area contributed by atoms with Gasteiger partial charge in [0.1, 0.15) is 24.0 Å². The Morgan fingerprint density at radius 2 is 2.09 bits per heavy atom. The molecule has 2 unspecified atom stereocenters. The summed E-state index contributed by atoms with van der Waals surface area (Å²) in [5.41, 5.74) is 2.66. The van der Waals surface area contributed by atoms with Crippen molar-refractivity contribution in [3.05, 3.63) is 78.4 Å². The van der Waals surface area contributed by atoms with Crippen molar-refractivity contribution in [1.82, 2.24) is 24.5 Å². The highest BCUT2D eigenvalue weighted by Gasteiger charge is 2.39. The van der Waals surface area contributed by atoms with Crippen molar-refractivity contribution in [2.75, 3.05) is 24.7 Å². The molecule has 2 aromatic heterocycles. The molecule has 3 aliphatic rings. The summed E-state index contributed by atoms with van der Waals surface area (Å²) >= 11 is 0. The summed E-state index contributed by atoms with van der Waals surface area (Å²) in [6.07, 6.45) is 5.87. The zero-order chi connectivity index (χ0) is 22.5. The molecule has 0 aliphatic carbocycles. The molecule has 1 saturated heterocycles. The second-order valence-corrected chi connectivity index (χ2v) is 8.91. The third-order valence-corrected chi connectivity index (χ3v) is 6.54. The fourth-order valence-electron chi connectivity index (χ4n) is 4.89. The molecular weight excluding hydrogens is 421 g/mol. The first kappa shape index (κ1) is 19.9. The van der Waals surface area contributed by atoms with Gasteiger partial charge in [0.15, 0.2) is 5.82 Å². The molecule has 1 fully saturated rings. The predicted molar refractivity (Wildman–Crippen MR) is 123 cm³/mol. The summed E-state index contributed by atoms with van der Waals surface area (Å²) in [5.74, 6) is 1.44. The zero-order valence-corrected chi connectivity index (χ0v) is 18.2. The smallest absolute Gasteiger partial charge is 0.325 e. The van der Waals surface area contributed by atoms with Gasteiger partial charge in [-0.05, 0) is 36.2 Å². The third kappa shape index (κ3) is 3.64. The van der Waals surface area contributed by atoms with Crippen LogP contribution >= 0.6 is 0 Å². The van der Waals surface area contributed by atoms with E-state index in [0.29, 0.717) is 29.9 Å². The molecule has 8 nitrogen and oxygen atoms in total. The second-order valence-electron chi connectivity index (χ2n) is 8.91. The van der Waals surface area contributed by atoms with Crippen LogP contribution in [-0.2, 0) is 6.54 Å². The number of urea groups is 1. The molecule has 33 heavy (non-hydrogen) atoms. The summed E-state index contributed by atoms with van der Waals surface area (Å²) in [7, 11) is 0. The topological polar surface area (TPSA) is 68.5 Å². The van der Waals surface area contributed by atoms with Gasteiger partial charge in [0.05, 0.1) is 5.69 Å². The van der Waals surface area contributed by atoms with E-state index in [1.165, 1.54) is 12.1 Å². The van der Waals surface area contributed by atoms with Crippen molar-refractivity contribution < 1.29 is 9.18 Å². The largest absolute Gasteiger partial charge is 0.329 e. The SMILES string of the molecule is CC1CN(Cc2cn3ccccc3n2)CC1C1=NC2=CN(c3cccc(F)c3)CN2C(=O)N1. The van der Waals surface area contributed by atoms with Gasteiger partial charge in [-0.1, -0.05) is 19.1 Å². The number of imidazole rings is 1. The van der Waals surface area contributed by atoms with Crippen LogP contribution < -0.4 is 10.2 Å². The molecule has 0 spiro atoms. The first-order chi connectivity index (χ1) is 16.0. The van der Waals surface area contributed by atoms with Gasteiger partial charge in [-0.3, -0.25) is 15.1 Å². The first-order valence-electron chi connectivity index (χ1n) is 11.1. The van der Waals surface area contributed by atoms with Crippen molar-refractivity contribution in [1.29, 1.82) is 0 Å². The van der Waals surface area contributed by atoms with E-state index in [-0.39, 0.29) is 17.8 Å². The number of carbonyl (C=O) groups is 1. The van der Waals surface area contributed by atoms with E-state index in [9.17, 15) is 9.18 Å². The van der Waals surface area contributed by atoms with Gasteiger partial charge in [0, 0.05) is 49.8 Å². The van der Waals surface area contributed by atoms with E-state index in [2.05, 4.69) is 23.3 Å². The number of aromatic nitrogens is 2. The lowest BCUT2D eigenvalue weighted by atomic mass is 9.96. The lowest BCUT2D eigenvalue weighted by molar-refractivity contribution is 0.216. The lowest BCUT2D eigenvalue weighted by Gasteiger charge is -2.28. The number of anilines is 1. The minimum atomic E-state index is -0.310. The summed E-state index contributed by atoms with van der Waals surface area (Å²) in [6, 6.07) is 12.1. The molecule has 6 rings (SSSR count). The molecule has 2 amide bonds. The van der Waals surface area contributed by atoms with Crippen LogP contribution in [0.3, 0.4) is 0 Å². The van der Waals surface area contributed by atoms with Crippen LogP contribution in [0.2, 0.25) is 0 Å². The number of amidine groups is 1. The first-order valence-corrected chi connectivity index (χ1v) is 11.1. The van der Waals surface area contributed by atoms with Crippen molar-refractivity contribution in [3.8, 4) is 0 Å². The summed E-state index contributed by atoms with van der Waals surface area (Å²) in [4.78, 5) is 28.1. The van der Waals surface area contributed by atoms with Crippen molar-refractivity contribution >= 4 is 23.2 Å². The van der Waals surface area contributed by atoms with Crippen LogP contribution in [0.4, 0.5) is 14.9 Å².